The summed E-state index contributed by atoms with van der Waals surface area (Å²) < 4.78 is 13.6. The molecular weight excluding hydrogens is 251 g/mol. The molecule has 2 rings (SSSR count). The molecule has 20 heavy (non-hydrogen) atoms. The van der Waals surface area contributed by atoms with Crippen molar-refractivity contribution in [3.63, 3.8) is 0 Å². The van der Waals surface area contributed by atoms with E-state index in [-0.39, 0.29) is 5.82 Å². The molecular formula is C17H27FN2. The van der Waals surface area contributed by atoms with E-state index in [1.54, 1.807) is 12.1 Å². The van der Waals surface area contributed by atoms with Gasteiger partial charge in [-0.15, -0.1) is 0 Å². The van der Waals surface area contributed by atoms with Crippen molar-refractivity contribution in [1.82, 2.24) is 5.32 Å². The molecule has 1 aromatic rings. The first-order valence-corrected chi connectivity index (χ1v) is 7.75. The van der Waals surface area contributed by atoms with Crippen molar-refractivity contribution in [1.29, 1.82) is 0 Å². The minimum absolute atomic E-state index is 0.144. The van der Waals surface area contributed by atoms with E-state index >= 15 is 0 Å². The van der Waals surface area contributed by atoms with Gasteiger partial charge < -0.3 is 10.2 Å². The van der Waals surface area contributed by atoms with Gasteiger partial charge in [-0.2, -0.15) is 0 Å². The average Bonchev–Trinajstić information content (AvgIpc) is 3.17. The summed E-state index contributed by atoms with van der Waals surface area (Å²) in [6.45, 7) is 10.6. The largest absolute Gasteiger partial charge is 0.369 e. The Morgan fingerprint density at radius 2 is 1.95 bits per heavy atom. The first-order chi connectivity index (χ1) is 9.47. The number of nitrogens with one attached hydrogen (secondary N) is 1. The molecule has 112 valence electrons. The maximum Gasteiger partial charge on any atom is 0.123 e. The number of rotatable bonds is 7. The summed E-state index contributed by atoms with van der Waals surface area (Å²) in [6.07, 6.45) is 2.51. The van der Waals surface area contributed by atoms with Gasteiger partial charge >= 0.3 is 0 Å². The lowest BCUT2D eigenvalue weighted by Crippen LogP contribution is -2.35. The Morgan fingerprint density at radius 1 is 1.25 bits per heavy atom. The maximum absolute atomic E-state index is 13.6. The van der Waals surface area contributed by atoms with Gasteiger partial charge in [0.25, 0.3) is 0 Å². The van der Waals surface area contributed by atoms with Crippen LogP contribution in [0.2, 0.25) is 0 Å². The Hall–Kier alpha value is -1.09. The van der Waals surface area contributed by atoms with Gasteiger partial charge in [0.05, 0.1) is 0 Å². The zero-order valence-corrected chi connectivity index (χ0v) is 13.1. The van der Waals surface area contributed by atoms with Crippen LogP contribution in [0.5, 0.6) is 0 Å². The molecule has 1 aliphatic carbocycles. The molecule has 0 atom stereocenters. The van der Waals surface area contributed by atoms with Crippen molar-refractivity contribution < 1.29 is 4.39 Å². The van der Waals surface area contributed by atoms with Crippen LogP contribution in [0.15, 0.2) is 18.2 Å². The molecule has 1 saturated carbocycles. The van der Waals surface area contributed by atoms with Crippen LogP contribution < -0.4 is 10.2 Å². The third-order valence-electron chi connectivity index (χ3n) is 3.69. The molecule has 0 bridgehead atoms. The predicted molar refractivity (Wildman–Crippen MR) is 83.6 cm³/mol. The fourth-order valence-electron chi connectivity index (χ4n) is 2.50. The van der Waals surface area contributed by atoms with Crippen LogP contribution in [0, 0.1) is 11.7 Å². The Morgan fingerprint density at radius 3 is 2.50 bits per heavy atom. The second-order valence-electron chi connectivity index (χ2n) is 6.57. The molecule has 3 heteroatoms. The van der Waals surface area contributed by atoms with E-state index < -0.39 is 0 Å². The summed E-state index contributed by atoms with van der Waals surface area (Å²) in [5.74, 6) is 0.446. The van der Waals surface area contributed by atoms with Gasteiger partial charge in [-0.25, -0.2) is 4.39 Å². The molecule has 0 radical (unpaired) electrons. The normalized spacial score (nSPS) is 15.2. The summed E-state index contributed by atoms with van der Waals surface area (Å²) in [5, 5.41) is 3.49. The molecule has 1 N–H and O–H groups in total. The van der Waals surface area contributed by atoms with Crippen LogP contribution in [0.3, 0.4) is 0 Å². The number of halogens is 1. The van der Waals surface area contributed by atoms with E-state index in [0.29, 0.717) is 18.0 Å². The summed E-state index contributed by atoms with van der Waals surface area (Å²) in [7, 11) is 0. The smallest absolute Gasteiger partial charge is 0.123 e. The van der Waals surface area contributed by atoms with Gasteiger partial charge in [0, 0.05) is 30.9 Å². The van der Waals surface area contributed by atoms with Crippen molar-refractivity contribution in [3.8, 4) is 0 Å². The van der Waals surface area contributed by atoms with Crippen molar-refractivity contribution in [2.45, 2.75) is 59.2 Å². The standard InChI is InChI=1S/C17H27FN2/c1-12(2)11-20(13(3)4)17-8-5-15(18)9-14(17)10-19-16-6-7-16/h5,8-9,12-13,16,19H,6-7,10-11H2,1-4H3. The van der Waals surface area contributed by atoms with Crippen LogP contribution in [0.25, 0.3) is 0 Å². The maximum atomic E-state index is 13.6. The zero-order chi connectivity index (χ0) is 14.7. The Bertz CT molecular complexity index is 439. The summed E-state index contributed by atoms with van der Waals surface area (Å²) >= 11 is 0. The molecule has 0 heterocycles. The Kier molecular flexibility index (Phi) is 5.03. The molecule has 0 aliphatic heterocycles. The van der Waals surface area contributed by atoms with E-state index in [2.05, 4.69) is 37.9 Å². The van der Waals surface area contributed by atoms with Crippen LogP contribution in [0.1, 0.15) is 46.1 Å². The van der Waals surface area contributed by atoms with Gasteiger partial charge in [-0.05, 0) is 56.4 Å². The first-order valence-electron chi connectivity index (χ1n) is 7.75. The van der Waals surface area contributed by atoms with E-state index in [1.807, 2.05) is 6.07 Å². The fourth-order valence-corrected chi connectivity index (χ4v) is 2.50. The van der Waals surface area contributed by atoms with Crippen molar-refractivity contribution in [2.75, 3.05) is 11.4 Å². The SMILES string of the molecule is CC(C)CN(c1ccc(F)cc1CNC1CC1)C(C)C. The van der Waals surface area contributed by atoms with Gasteiger partial charge in [0.2, 0.25) is 0 Å². The summed E-state index contributed by atoms with van der Waals surface area (Å²) in [4.78, 5) is 2.38. The highest BCUT2D eigenvalue weighted by Crippen LogP contribution is 2.26. The highest BCUT2D eigenvalue weighted by molar-refractivity contribution is 5.54. The average molecular weight is 278 g/mol. The minimum Gasteiger partial charge on any atom is -0.369 e. The highest BCUT2D eigenvalue weighted by Gasteiger charge is 2.22. The number of hydrogen-bond acceptors (Lipinski definition) is 2. The van der Waals surface area contributed by atoms with Gasteiger partial charge in [0.15, 0.2) is 0 Å². The lowest BCUT2D eigenvalue weighted by molar-refractivity contribution is 0.564. The van der Waals surface area contributed by atoms with Crippen LogP contribution in [-0.2, 0) is 6.54 Å². The van der Waals surface area contributed by atoms with Crippen molar-refractivity contribution >= 4 is 5.69 Å². The van der Waals surface area contributed by atoms with E-state index in [9.17, 15) is 4.39 Å². The molecule has 0 spiro atoms. The van der Waals surface area contributed by atoms with Crippen LogP contribution in [-0.4, -0.2) is 18.6 Å². The summed E-state index contributed by atoms with van der Waals surface area (Å²) in [6, 6.07) is 6.25. The molecule has 0 saturated heterocycles. The van der Waals surface area contributed by atoms with Crippen molar-refractivity contribution in [3.05, 3.63) is 29.6 Å². The Balaban J connectivity index is 2.21. The minimum atomic E-state index is -0.144. The van der Waals surface area contributed by atoms with E-state index in [0.717, 1.165) is 18.7 Å². The van der Waals surface area contributed by atoms with Gasteiger partial charge in [-0.1, -0.05) is 13.8 Å². The third kappa shape index (κ3) is 4.20. The number of nitrogens with zero attached hydrogens (tertiary/aromatic N) is 1. The Labute approximate surface area is 122 Å². The number of benzene rings is 1. The first kappa shape index (κ1) is 15.3. The highest BCUT2D eigenvalue weighted by atomic mass is 19.1. The topological polar surface area (TPSA) is 15.3 Å². The third-order valence-corrected chi connectivity index (χ3v) is 3.69. The molecule has 0 unspecified atom stereocenters. The van der Waals surface area contributed by atoms with Gasteiger partial charge in [0.1, 0.15) is 5.82 Å². The second kappa shape index (κ2) is 6.57. The molecule has 2 nitrogen and oxygen atoms in total. The summed E-state index contributed by atoms with van der Waals surface area (Å²) in [5.41, 5.74) is 2.24. The monoisotopic (exact) mass is 278 g/mol. The van der Waals surface area contributed by atoms with E-state index in [1.165, 1.54) is 18.5 Å². The second-order valence-corrected chi connectivity index (χ2v) is 6.57. The van der Waals surface area contributed by atoms with Crippen LogP contribution in [0.4, 0.5) is 10.1 Å². The van der Waals surface area contributed by atoms with Crippen molar-refractivity contribution in [2.24, 2.45) is 5.92 Å². The number of anilines is 1. The molecule has 0 aromatic heterocycles. The van der Waals surface area contributed by atoms with E-state index in [4.69, 9.17) is 0 Å². The lowest BCUT2D eigenvalue weighted by atomic mass is 10.1. The molecule has 1 fully saturated rings. The lowest BCUT2D eigenvalue weighted by Gasteiger charge is -2.32. The zero-order valence-electron chi connectivity index (χ0n) is 13.1. The molecule has 1 aliphatic rings. The fraction of sp³-hybridized carbons (Fsp3) is 0.647. The quantitative estimate of drug-likeness (QED) is 0.812. The predicted octanol–water partition coefficient (Wildman–Crippen LogP) is 3.95. The number of hydrogen-bond donors (Lipinski definition) is 1. The molecule has 0 amide bonds. The van der Waals surface area contributed by atoms with Gasteiger partial charge in [-0.3, -0.25) is 0 Å². The van der Waals surface area contributed by atoms with Crippen LogP contribution >= 0.6 is 0 Å². The molecule has 1 aromatic carbocycles.